The van der Waals surface area contributed by atoms with Crippen molar-refractivity contribution in [2.75, 3.05) is 13.1 Å². The van der Waals surface area contributed by atoms with E-state index in [4.69, 9.17) is 9.84 Å². The summed E-state index contributed by atoms with van der Waals surface area (Å²) in [5.41, 5.74) is -1.01. The molecule has 0 aromatic carbocycles. The molecule has 0 aromatic rings. The normalized spacial score (nSPS) is 33.7. The first-order valence-corrected chi connectivity index (χ1v) is 7.02. The molecule has 1 unspecified atom stereocenters. The van der Waals surface area contributed by atoms with Crippen LogP contribution in [0.4, 0.5) is 4.79 Å². The number of carbonyl (C=O) groups is 2. The predicted octanol–water partition coefficient (Wildman–Crippen LogP) is 1.47. The van der Waals surface area contributed by atoms with Gasteiger partial charge in [-0.3, -0.25) is 4.79 Å². The van der Waals surface area contributed by atoms with Gasteiger partial charge in [0.1, 0.15) is 5.60 Å². The standard InChI is InChI=1S/C14H23NO5/c1-13(2,3)20-12(19)15-5-4-10(16)14(8-15)6-9(7-14)11(17)18/h9-10,16H,4-8H2,1-3H3,(H,17,18). The Bertz CT molecular complexity index is 408. The van der Waals surface area contributed by atoms with Gasteiger partial charge in [-0.15, -0.1) is 0 Å². The monoisotopic (exact) mass is 285 g/mol. The van der Waals surface area contributed by atoms with Gasteiger partial charge in [0, 0.05) is 18.5 Å². The summed E-state index contributed by atoms with van der Waals surface area (Å²) in [5.74, 6) is -1.22. The molecule has 1 saturated heterocycles. The highest BCUT2D eigenvalue weighted by molar-refractivity contribution is 5.72. The average Bonchev–Trinajstić information content (AvgIpc) is 2.23. The molecule has 20 heavy (non-hydrogen) atoms. The lowest BCUT2D eigenvalue weighted by Crippen LogP contribution is -2.60. The summed E-state index contributed by atoms with van der Waals surface area (Å²) >= 11 is 0. The smallest absolute Gasteiger partial charge is 0.410 e. The molecule has 6 nitrogen and oxygen atoms in total. The molecule has 1 aliphatic carbocycles. The summed E-state index contributed by atoms with van der Waals surface area (Å²) in [6, 6.07) is 0. The number of hydrogen-bond acceptors (Lipinski definition) is 4. The fraction of sp³-hybridized carbons (Fsp3) is 0.857. The van der Waals surface area contributed by atoms with Gasteiger partial charge in [-0.05, 0) is 40.0 Å². The number of carboxylic acid groups (broad SMARTS) is 1. The van der Waals surface area contributed by atoms with E-state index in [1.54, 1.807) is 4.90 Å². The van der Waals surface area contributed by atoms with Crippen molar-refractivity contribution in [3.05, 3.63) is 0 Å². The number of carbonyl (C=O) groups excluding carboxylic acids is 1. The van der Waals surface area contributed by atoms with Crippen LogP contribution in [-0.2, 0) is 9.53 Å². The second kappa shape index (κ2) is 4.91. The lowest BCUT2D eigenvalue weighted by Gasteiger charge is -2.54. The molecule has 1 amide bonds. The van der Waals surface area contributed by atoms with Crippen molar-refractivity contribution in [1.29, 1.82) is 0 Å². The lowest BCUT2D eigenvalue weighted by atomic mass is 9.57. The van der Waals surface area contributed by atoms with E-state index in [9.17, 15) is 14.7 Å². The Hall–Kier alpha value is -1.30. The molecule has 1 heterocycles. The zero-order valence-electron chi connectivity index (χ0n) is 12.3. The minimum absolute atomic E-state index is 0.382. The highest BCUT2D eigenvalue weighted by Crippen LogP contribution is 2.51. The Kier molecular flexibility index (Phi) is 3.71. The number of aliphatic hydroxyl groups excluding tert-OH is 1. The van der Waals surface area contributed by atoms with E-state index in [0.717, 1.165) is 0 Å². The van der Waals surface area contributed by atoms with Crippen LogP contribution in [0.2, 0.25) is 0 Å². The number of piperidine rings is 1. The molecule has 0 bridgehead atoms. The molecule has 0 aromatic heterocycles. The van der Waals surface area contributed by atoms with Crippen LogP contribution in [0.1, 0.15) is 40.0 Å². The molecule has 6 heteroatoms. The maximum atomic E-state index is 12.1. The van der Waals surface area contributed by atoms with E-state index >= 15 is 0 Å². The highest BCUT2D eigenvalue weighted by Gasteiger charge is 2.55. The average molecular weight is 285 g/mol. The van der Waals surface area contributed by atoms with E-state index < -0.39 is 29.0 Å². The van der Waals surface area contributed by atoms with E-state index in [1.165, 1.54) is 0 Å². The first-order valence-electron chi connectivity index (χ1n) is 7.02. The number of hydrogen-bond donors (Lipinski definition) is 2. The number of carboxylic acids is 1. The predicted molar refractivity (Wildman–Crippen MR) is 71.2 cm³/mol. The number of nitrogens with zero attached hydrogens (tertiary/aromatic N) is 1. The topological polar surface area (TPSA) is 87.1 Å². The Labute approximate surface area is 118 Å². The fourth-order valence-corrected chi connectivity index (χ4v) is 3.13. The molecule has 1 atom stereocenters. The molecular weight excluding hydrogens is 262 g/mol. The molecule has 2 rings (SSSR count). The van der Waals surface area contributed by atoms with Gasteiger partial charge in [0.05, 0.1) is 12.0 Å². The molecule has 114 valence electrons. The Morgan fingerprint density at radius 1 is 1.30 bits per heavy atom. The van der Waals surface area contributed by atoms with Crippen molar-refractivity contribution in [1.82, 2.24) is 4.90 Å². The molecule has 1 spiro atoms. The fourth-order valence-electron chi connectivity index (χ4n) is 3.13. The molecule has 1 saturated carbocycles. The van der Waals surface area contributed by atoms with Crippen LogP contribution in [0, 0.1) is 11.3 Å². The van der Waals surface area contributed by atoms with Crippen molar-refractivity contribution in [2.24, 2.45) is 11.3 Å². The van der Waals surface area contributed by atoms with Gasteiger partial charge in [0.15, 0.2) is 0 Å². The van der Waals surface area contributed by atoms with Gasteiger partial charge in [0.25, 0.3) is 0 Å². The van der Waals surface area contributed by atoms with Crippen LogP contribution in [0.5, 0.6) is 0 Å². The lowest BCUT2D eigenvalue weighted by molar-refractivity contribution is -0.163. The Morgan fingerprint density at radius 3 is 2.40 bits per heavy atom. The summed E-state index contributed by atoms with van der Waals surface area (Å²) in [6.07, 6.45) is 0.427. The van der Waals surface area contributed by atoms with Gasteiger partial charge in [0.2, 0.25) is 0 Å². The van der Waals surface area contributed by atoms with Crippen molar-refractivity contribution >= 4 is 12.1 Å². The largest absolute Gasteiger partial charge is 0.481 e. The van der Waals surface area contributed by atoms with Gasteiger partial charge >= 0.3 is 12.1 Å². The zero-order chi connectivity index (χ0) is 15.1. The van der Waals surface area contributed by atoms with Gasteiger partial charge in [-0.25, -0.2) is 4.79 Å². The number of ether oxygens (including phenoxy) is 1. The molecule has 2 N–H and O–H groups in total. The van der Waals surface area contributed by atoms with Crippen molar-refractivity contribution < 1.29 is 24.5 Å². The summed E-state index contributed by atoms with van der Waals surface area (Å²) < 4.78 is 5.34. The van der Waals surface area contributed by atoms with Gasteiger partial charge in [-0.1, -0.05) is 0 Å². The van der Waals surface area contributed by atoms with Crippen LogP contribution in [0.15, 0.2) is 0 Å². The second-order valence-corrected chi connectivity index (χ2v) is 7.01. The summed E-state index contributed by atoms with van der Waals surface area (Å²) in [5, 5.41) is 19.1. The van der Waals surface area contributed by atoms with Crippen LogP contribution < -0.4 is 0 Å². The third-order valence-electron chi connectivity index (χ3n) is 4.19. The number of likely N-dealkylation sites (tertiary alicyclic amines) is 1. The van der Waals surface area contributed by atoms with Gasteiger partial charge in [-0.2, -0.15) is 0 Å². The van der Waals surface area contributed by atoms with E-state index in [-0.39, 0.29) is 6.09 Å². The summed E-state index contributed by atoms with van der Waals surface area (Å²) in [7, 11) is 0. The molecular formula is C14H23NO5. The maximum absolute atomic E-state index is 12.1. The van der Waals surface area contributed by atoms with Crippen LogP contribution >= 0.6 is 0 Å². The first kappa shape index (κ1) is 15.1. The summed E-state index contributed by atoms with van der Waals surface area (Å²) in [6.45, 7) is 6.26. The van der Waals surface area contributed by atoms with Crippen LogP contribution in [0.3, 0.4) is 0 Å². The van der Waals surface area contributed by atoms with E-state index in [1.807, 2.05) is 20.8 Å². The minimum atomic E-state index is -0.822. The Balaban J connectivity index is 1.99. The summed E-state index contributed by atoms with van der Waals surface area (Å²) in [4.78, 5) is 24.6. The molecule has 2 aliphatic rings. The maximum Gasteiger partial charge on any atom is 0.410 e. The van der Waals surface area contributed by atoms with Crippen molar-refractivity contribution in [2.45, 2.75) is 51.7 Å². The number of rotatable bonds is 1. The molecule has 1 aliphatic heterocycles. The SMILES string of the molecule is CC(C)(C)OC(=O)N1CCC(O)C2(CC(C(=O)O)C2)C1. The second-order valence-electron chi connectivity index (χ2n) is 7.01. The minimum Gasteiger partial charge on any atom is -0.481 e. The zero-order valence-corrected chi connectivity index (χ0v) is 12.3. The van der Waals surface area contributed by atoms with E-state index in [0.29, 0.717) is 32.4 Å². The number of aliphatic carboxylic acids is 1. The highest BCUT2D eigenvalue weighted by atomic mass is 16.6. The number of amides is 1. The van der Waals surface area contributed by atoms with Crippen LogP contribution in [-0.4, -0.2) is 52.0 Å². The Morgan fingerprint density at radius 2 is 1.90 bits per heavy atom. The van der Waals surface area contributed by atoms with Crippen molar-refractivity contribution in [3.63, 3.8) is 0 Å². The van der Waals surface area contributed by atoms with Crippen LogP contribution in [0.25, 0.3) is 0 Å². The number of aliphatic hydroxyl groups is 1. The molecule has 0 radical (unpaired) electrons. The first-order chi connectivity index (χ1) is 9.13. The quantitative estimate of drug-likeness (QED) is 0.761. The molecule has 2 fully saturated rings. The van der Waals surface area contributed by atoms with Gasteiger partial charge < -0.3 is 19.8 Å². The van der Waals surface area contributed by atoms with E-state index in [2.05, 4.69) is 0 Å². The van der Waals surface area contributed by atoms with Crippen molar-refractivity contribution in [3.8, 4) is 0 Å². The third kappa shape index (κ3) is 2.90. The third-order valence-corrected chi connectivity index (χ3v) is 4.19.